The van der Waals surface area contributed by atoms with Crippen molar-refractivity contribution < 1.29 is 14.7 Å². The molecule has 0 aliphatic carbocycles. The summed E-state index contributed by atoms with van der Waals surface area (Å²) in [6.45, 7) is 4.87. The van der Waals surface area contributed by atoms with Gasteiger partial charge in [0.25, 0.3) is 11.8 Å². The molecule has 0 radical (unpaired) electrons. The van der Waals surface area contributed by atoms with Crippen molar-refractivity contribution in [1.82, 2.24) is 20.2 Å². The Morgan fingerprint density at radius 3 is 2.37 bits per heavy atom. The van der Waals surface area contributed by atoms with Crippen LogP contribution in [0.1, 0.15) is 44.9 Å². The Labute approximate surface area is 174 Å². The van der Waals surface area contributed by atoms with Crippen LogP contribution in [-0.4, -0.2) is 50.9 Å². The first-order chi connectivity index (χ1) is 14.4. The van der Waals surface area contributed by atoms with E-state index in [4.69, 9.17) is 0 Å². The van der Waals surface area contributed by atoms with Gasteiger partial charge in [-0.1, -0.05) is 12.1 Å². The zero-order valence-corrected chi connectivity index (χ0v) is 17.1. The zero-order chi connectivity index (χ0) is 21.3. The number of piperidine rings is 1. The number of hydrogen-bond acceptors (Lipinski definition) is 5. The quantitative estimate of drug-likeness (QED) is 0.700. The smallest absolute Gasteiger partial charge is 0.257 e. The summed E-state index contributed by atoms with van der Waals surface area (Å²) in [6, 6.07) is 11.9. The van der Waals surface area contributed by atoms with Gasteiger partial charge in [0, 0.05) is 24.7 Å². The summed E-state index contributed by atoms with van der Waals surface area (Å²) in [7, 11) is 0. The monoisotopic (exact) mass is 404 g/mol. The van der Waals surface area contributed by atoms with Gasteiger partial charge in [-0.3, -0.25) is 9.59 Å². The van der Waals surface area contributed by atoms with Crippen molar-refractivity contribution in [1.29, 1.82) is 0 Å². The summed E-state index contributed by atoms with van der Waals surface area (Å²) >= 11 is 0. The molecule has 2 aromatic carbocycles. The molecule has 1 fully saturated rings. The number of aromatic hydroxyl groups is 1. The number of hydrogen-bond donors (Lipinski definition) is 2. The maximum absolute atomic E-state index is 12.7. The summed E-state index contributed by atoms with van der Waals surface area (Å²) in [5, 5.41) is 13.0. The molecule has 4 rings (SSSR count). The van der Waals surface area contributed by atoms with Gasteiger partial charge < -0.3 is 15.3 Å². The molecule has 0 saturated carbocycles. The number of phenols is 1. The molecule has 0 spiro atoms. The molecule has 2 amide bonds. The van der Waals surface area contributed by atoms with Crippen molar-refractivity contribution in [3.63, 3.8) is 0 Å². The number of amides is 2. The number of aryl methyl sites for hydroxylation is 2. The lowest BCUT2D eigenvalue weighted by molar-refractivity contribution is 0.0695. The minimum Gasteiger partial charge on any atom is -0.507 e. The number of benzene rings is 2. The van der Waals surface area contributed by atoms with Crippen molar-refractivity contribution in [3.8, 4) is 5.75 Å². The van der Waals surface area contributed by atoms with Gasteiger partial charge in [0.05, 0.1) is 28.0 Å². The molecule has 1 aliphatic rings. The number of fused-ring (bicyclic) bond motifs is 1. The third kappa shape index (κ3) is 3.96. The minimum absolute atomic E-state index is 0.00699. The van der Waals surface area contributed by atoms with Crippen LogP contribution in [0.5, 0.6) is 5.75 Å². The molecule has 2 N–H and O–H groups in total. The average molecular weight is 404 g/mol. The van der Waals surface area contributed by atoms with Gasteiger partial charge in [0.2, 0.25) is 0 Å². The Balaban J connectivity index is 1.38. The molecule has 1 aliphatic heterocycles. The number of para-hydroxylation sites is 1. The number of nitrogens with zero attached hydrogens (tertiary/aromatic N) is 3. The van der Waals surface area contributed by atoms with E-state index in [9.17, 15) is 14.7 Å². The topological polar surface area (TPSA) is 95.4 Å². The second-order valence-corrected chi connectivity index (χ2v) is 7.66. The predicted molar refractivity (Wildman–Crippen MR) is 114 cm³/mol. The molecule has 0 bridgehead atoms. The summed E-state index contributed by atoms with van der Waals surface area (Å²) in [6.07, 6.45) is 1.33. The molecule has 0 atom stereocenters. The van der Waals surface area contributed by atoms with Crippen LogP contribution >= 0.6 is 0 Å². The van der Waals surface area contributed by atoms with Crippen LogP contribution in [0.2, 0.25) is 0 Å². The standard InChI is InChI=1S/C23H24N4O3/c1-14-15(2)25-20-13-16(7-8-19(20)24-14)22(29)26-17-9-11-27(12-10-17)23(30)18-5-3-4-6-21(18)28/h3-8,13,17,28H,9-12H2,1-2H3,(H,26,29). The zero-order valence-electron chi connectivity index (χ0n) is 17.1. The first-order valence-electron chi connectivity index (χ1n) is 10.1. The molecule has 30 heavy (non-hydrogen) atoms. The summed E-state index contributed by atoms with van der Waals surface area (Å²) in [5.41, 5.74) is 4.06. The van der Waals surface area contributed by atoms with Crippen LogP contribution < -0.4 is 5.32 Å². The maximum Gasteiger partial charge on any atom is 0.257 e. The highest BCUT2D eigenvalue weighted by Gasteiger charge is 2.26. The maximum atomic E-state index is 12.7. The highest BCUT2D eigenvalue weighted by Crippen LogP contribution is 2.21. The molecule has 1 saturated heterocycles. The van der Waals surface area contributed by atoms with Gasteiger partial charge >= 0.3 is 0 Å². The Morgan fingerprint density at radius 1 is 1.00 bits per heavy atom. The lowest BCUT2D eigenvalue weighted by atomic mass is 10.0. The van der Waals surface area contributed by atoms with E-state index >= 15 is 0 Å². The molecule has 0 unspecified atom stereocenters. The Morgan fingerprint density at radius 2 is 1.67 bits per heavy atom. The van der Waals surface area contributed by atoms with E-state index in [2.05, 4.69) is 15.3 Å². The van der Waals surface area contributed by atoms with E-state index in [0.717, 1.165) is 16.9 Å². The summed E-state index contributed by atoms with van der Waals surface area (Å²) < 4.78 is 0. The van der Waals surface area contributed by atoms with Crippen LogP contribution in [0, 0.1) is 13.8 Å². The SMILES string of the molecule is Cc1nc2ccc(C(=O)NC3CCN(C(=O)c4ccccc4O)CC3)cc2nc1C. The first-order valence-corrected chi connectivity index (χ1v) is 10.1. The second-order valence-electron chi connectivity index (χ2n) is 7.66. The van der Waals surface area contributed by atoms with Crippen molar-refractivity contribution >= 4 is 22.8 Å². The average Bonchev–Trinajstić information content (AvgIpc) is 2.74. The fourth-order valence-corrected chi connectivity index (χ4v) is 3.69. The summed E-state index contributed by atoms with van der Waals surface area (Å²) in [4.78, 5) is 36.1. The number of likely N-dealkylation sites (tertiary alicyclic amines) is 1. The highest BCUT2D eigenvalue weighted by molar-refractivity contribution is 5.98. The number of carbonyl (C=O) groups excluding carboxylic acids is 2. The number of aromatic nitrogens is 2. The largest absolute Gasteiger partial charge is 0.507 e. The van der Waals surface area contributed by atoms with E-state index in [1.54, 1.807) is 35.2 Å². The Hall–Kier alpha value is -3.48. The van der Waals surface area contributed by atoms with E-state index in [1.807, 2.05) is 19.9 Å². The van der Waals surface area contributed by atoms with Crippen LogP contribution in [-0.2, 0) is 0 Å². The van der Waals surface area contributed by atoms with E-state index in [-0.39, 0.29) is 23.6 Å². The van der Waals surface area contributed by atoms with Gasteiger partial charge in [-0.05, 0) is 57.0 Å². The number of rotatable bonds is 3. The number of nitrogens with one attached hydrogen (secondary N) is 1. The lowest BCUT2D eigenvalue weighted by Gasteiger charge is -2.32. The van der Waals surface area contributed by atoms with Gasteiger partial charge in [-0.25, -0.2) is 9.97 Å². The van der Waals surface area contributed by atoms with Gasteiger partial charge in [-0.2, -0.15) is 0 Å². The van der Waals surface area contributed by atoms with E-state index < -0.39 is 0 Å². The van der Waals surface area contributed by atoms with Crippen molar-refractivity contribution in [2.45, 2.75) is 32.7 Å². The normalized spacial score (nSPS) is 14.7. The molecular formula is C23H24N4O3. The molecule has 3 aromatic rings. The summed E-state index contributed by atoms with van der Waals surface area (Å²) in [5.74, 6) is -0.346. The first kappa shape index (κ1) is 19.8. The lowest BCUT2D eigenvalue weighted by Crippen LogP contribution is -2.46. The van der Waals surface area contributed by atoms with Gasteiger partial charge in [0.15, 0.2) is 0 Å². The van der Waals surface area contributed by atoms with Crippen LogP contribution in [0.3, 0.4) is 0 Å². The molecule has 154 valence electrons. The van der Waals surface area contributed by atoms with Crippen LogP contribution in [0.15, 0.2) is 42.5 Å². The molecule has 2 heterocycles. The molecule has 7 nitrogen and oxygen atoms in total. The van der Waals surface area contributed by atoms with E-state index in [0.29, 0.717) is 42.6 Å². The highest BCUT2D eigenvalue weighted by atomic mass is 16.3. The number of carbonyl (C=O) groups is 2. The predicted octanol–water partition coefficient (Wildman–Crippen LogP) is 2.99. The minimum atomic E-state index is -0.184. The van der Waals surface area contributed by atoms with Crippen LogP contribution in [0.25, 0.3) is 11.0 Å². The third-order valence-corrected chi connectivity index (χ3v) is 5.59. The molecule has 1 aromatic heterocycles. The Bertz CT molecular complexity index is 1120. The van der Waals surface area contributed by atoms with Gasteiger partial charge in [0.1, 0.15) is 5.75 Å². The number of phenolic OH excluding ortho intramolecular Hbond substituents is 1. The molecular weight excluding hydrogens is 380 g/mol. The van der Waals surface area contributed by atoms with Crippen molar-refractivity contribution in [2.75, 3.05) is 13.1 Å². The molecule has 7 heteroatoms. The Kier molecular flexibility index (Phi) is 5.35. The van der Waals surface area contributed by atoms with E-state index in [1.165, 1.54) is 6.07 Å². The fourth-order valence-electron chi connectivity index (χ4n) is 3.69. The van der Waals surface area contributed by atoms with Crippen molar-refractivity contribution in [3.05, 3.63) is 65.0 Å². The third-order valence-electron chi connectivity index (χ3n) is 5.59. The van der Waals surface area contributed by atoms with Crippen LogP contribution in [0.4, 0.5) is 0 Å². The van der Waals surface area contributed by atoms with Gasteiger partial charge in [-0.15, -0.1) is 0 Å². The fraction of sp³-hybridized carbons (Fsp3) is 0.304. The van der Waals surface area contributed by atoms with Crippen molar-refractivity contribution in [2.24, 2.45) is 0 Å². The second kappa shape index (κ2) is 8.10.